The summed E-state index contributed by atoms with van der Waals surface area (Å²) in [6.07, 6.45) is 4.11. The van der Waals surface area contributed by atoms with Crippen molar-refractivity contribution in [3.05, 3.63) is 67.9 Å². The molecule has 1 aromatic rings. The highest BCUT2D eigenvalue weighted by molar-refractivity contribution is 4.90. The molecule has 0 amide bonds. The van der Waals surface area contributed by atoms with Crippen LogP contribution in [-0.4, -0.2) is 13.7 Å². The Morgan fingerprint density at radius 3 is 1.00 bits per heavy atom. The first kappa shape index (κ1) is 22.7. The largest absolute Gasteiger partial charge is 0.336 e. The second-order valence-corrected chi connectivity index (χ2v) is 7.48. The van der Waals surface area contributed by atoms with Gasteiger partial charge in [0.2, 0.25) is 0 Å². The Balaban J connectivity index is 3.25. The minimum Gasteiger partial charge on any atom is -0.247 e. The van der Waals surface area contributed by atoms with E-state index < -0.39 is 17.1 Å². The van der Waals surface area contributed by atoms with Crippen LogP contribution >= 0.6 is 0 Å². The molecule has 0 fully saturated rings. The van der Waals surface area contributed by atoms with Gasteiger partial charge in [0.15, 0.2) is 0 Å². The van der Waals surface area contributed by atoms with Gasteiger partial charge in [-0.25, -0.2) is 28.1 Å². The lowest BCUT2D eigenvalue weighted by molar-refractivity contribution is 0.426. The number of nitrogens with zero attached hydrogens (tertiary/aromatic N) is 3. The third-order valence-electron chi connectivity index (χ3n) is 4.34. The summed E-state index contributed by atoms with van der Waals surface area (Å²) < 4.78 is 3.56. The summed E-state index contributed by atoms with van der Waals surface area (Å²) in [6, 6.07) is 0. The van der Waals surface area contributed by atoms with Crippen LogP contribution in [0.5, 0.6) is 0 Å². The molecule has 0 spiro atoms. The van der Waals surface area contributed by atoms with Crippen molar-refractivity contribution >= 4 is 0 Å². The highest BCUT2D eigenvalue weighted by atomic mass is 16.2. The fourth-order valence-electron chi connectivity index (χ4n) is 2.87. The van der Waals surface area contributed by atoms with Crippen molar-refractivity contribution in [2.45, 2.75) is 78.9 Å². The smallest absolute Gasteiger partial charge is 0.247 e. The topological polar surface area (TPSA) is 66.0 Å². The van der Waals surface area contributed by atoms with Crippen LogP contribution in [0.3, 0.4) is 0 Å². The van der Waals surface area contributed by atoms with Crippen LogP contribution in [0, 0.1) is 0 Å². The zero-order valence-corrected chi connectivity index (χ0v) is 17.1. The molecule has 0 aliphatic carbocycles. The zero-order valence-electron chi connectivity index (χ0n) is 17.1. The maximum atomic E-state index is 12.7. The predicted octanol–water partition coefficient (Wildman–Crippen LogP) is 3.24. The normalized spacial score (nSPS) is 10.8. The number of allylic oxidation sites excluding steroid dienone is 3. The summed E-state index contributed by atoms with van der Waals surface area (Å²) in [5.74, 6) is 0. The van der Waals surface area contributed by atoms with Gasteiger partial charge in [0.1, 0.15) is 0 Å². The van der Waals surface area contributed by atoms with E-state index in [1.54, 1.807) is 0 Å². The molecule has 150 valence electrons. The van der Waals surface area contributed by atoms with E-state index in [-0.39, 0.29) is 19.6 Å². The molecule has 0 radical (unpaired) electrons. The Labute approximate surface area is 161 Å². The first-order chi connectivity index (χ1) is 12.6. The summed E-state index contributed by atoms with van der Waals surface area (Å²) in [6.45, 7) is 18.1. The maximum absolute atomic E-state index is 12.7. The third kappa shape index (κ3) is 7.04. The van der Waals surface area contributed by atoms with Gasteiger partial charge < -0.3 is 0 Å². The molecule has 1 aromatic heterocycles. The van der Waals surface area contributed by atoms with Gasteiger partial charge in [0, 0.05) is 19.6 Å². The Bertz CT molecular complexity index is 724. The first-order valence-electron chi connectivity index (χ1n) is 9.52. The van der Waals surface area contributed by atoms with Gasteiger partial charge in [0.25, 0.3) is 0 Å². The molecule has 0 unspecified atom stereocenters. The molecule has 0 saturated carbocycles. The molecule has 6 heteroatoms. The van der Waals surface area contributed by atoms with Gasteiger partial charge in [-0.15, -0.1) is 19.7 Å². The molecule has 0 atom stereocenters. The first-order valence-corrected chi connectivity index (χ1v) is 9.52. The quantitative estimate of drug-likeness (QED) is 0.527. The van der Waals surface area contributed by atoms with E-state index in [1.165, 1.54) is 13.7 Å². The molecule has 0 aromatic carbocycles. The summed E-state index contributed by atoms with van der Waals surface area (Å²) in [5.41, 5.74) is 1.43. The lowest BCUT2D eigenvalue weighted by Crippen LogP contribution is -2.54. The van der Waals surface area contributed by atoms with Crippen LogP contribution in [-0.2, 0) is 19.6 Å². The molecule has 6 nitrogen and oxygen atoms in total. The van der Waals surface area contributed by atoms with Gasteiger partial charge in [0.05, 0.1) is 0 Å². The monoisotopic (exact) mass is 375 g/mol. The average molecular weight is 376 g/mol. The summed E-state index contributed by atoms with van der Waals surface area (Å²) in [7, 11) is 0. The summed E-state index contributed by atoms with van der Waals surface area (Å²) in [4.78, 5) is 38.2. The van der Waals surface area contributed by atoms with Crippen LogP contribution in [0.15, 0.2) is 50.8 Å². The molecule has 0 N–H and O–H groups in total. The number of hydrogen-bond acceptors (Lipinski definition) is 3. The van der Waals surface area contributed by atoms with Gasteiger partial charge in [-0.1, -0.05) is 16.7 Å². The number of aromatic nitrogens is 3. The fraction of sp³-hybridized carbons (Fsp3) is 0.571. The zero-order chi connectivity index (χ0) is 20.6. The van der Waals surface area contributed by atoms with Crippen molar-refractivity contribution in [3.63, 3.8) is 0 Å². The maximum Gasteiger partial charge on any atom is 0.336 e. The molecular formula is C21H33N3O3. The molecule has 27 heavy (non-hydrogen) atoms. The Hall–Kier alpha value is -2.37. The van der Waals surface area contributed by atoms with Crippen molar-refractivity contribution in [3.8, 4) is 0 Å². The second kappa shape index (κ2) is 10.7. The van der Waals surface area contributed by atoms with E-state index in [1.807, 2.05) is 20.8 Å². The standard InChI is InChI=1S/C21H33N3O3/c1-16(2)10-7-13-22-19(25)23(14-8-11-17(3)4)21(27)24(20(22)26)15-9-12-18(5)6/h1,3,5,7-15H2,2,4,6H3. The van der Waals surface area contributed by atoms with Gasteiger partial charge in [-0.05, 0) is 59.3 Å². The van der Waals surface area contributed by atoms with Crippen LogP contribution in [0.2, 0.25) is 0 Å². The van der Waals surface area contributed by atoms with Crippen molar-refractivity contribution in [2.75, 3.05) is 0 Å². The van der Waals surface area contributed by atoms with Crippen LogP contribution < -0.4 is 17.1 Å². The molecule has 1 heterocycles. The number of hydrogen-bond donors (Lipinski definition) is 0. The van der Waals surface area contributed by atoms with E-state index in [9.17, 15) is 14.4 Å². The SMILES string of the molecule is C=C(C)CCCn1c(=O)n(CCCC(=C)C)c(=O)n(CCCC(=C)C)c1=O. The molecule has 0 bridgehead atoms. The number of rotatable bonds is 12. The Morgan fingerprint density at radius 1 is 0.593 bits per heavy atom. The van der Waals surface area contributed by atoms with Crippen molar-refractivity contribution in [1.29, 1.82) is 0 Å². The van der Waals surface area contributed by atoms with E-state index in [2.05, 4.69) is 19.7 Å². The van der Waals surface area contributed by atoms with Gasteiger partial charge in [-0.2, -0.15) is 0 Å². The highest BCUT2D eigenvalue weighted by Gasteiger charge is 2.15. The highest BCUT2D eigenvalue weighted by Crippen LogP contribution is 2.03. The Kier molecular flexibility index (Phi) is 8.98. The molecule has 0 aliphatic heterocycles. The van der Waals surface area contributed by atoms with Crippen molar-refractivity contribution in [2.24, 2.45) is 0 Å². The van der Waals surface area contributed by atoms with Crippen LogP contribution in [0.25, 0.3) is 0 Å². The lowest BCUT2D eigenvalue weighted by Gasteiger charge is -2.14. The van der Waals surface area contributed by atoms with E-state index in [0.717, 1.165) is 36.0 Å². The summed E-state index contributed by atoms with van der Waals surface area (Å²) in [5, 5.41) is 0. The molecular weight excluding hydrogens is 342 g/mol. The third-order valence-corrected chi connectivity index (χ3v) is 4.34. The van der Waals surface area contributed by atoms with Crippen LogP contribution in [0.1, 0.15) is 59.3 Å². The van der Waals surface area contributed by atoms with E-state index >= 15 is 0 Å². The minimum atomic E-state index is -0.524. The van der Waals surface area contributed by atoms with E-state index in [4.69, 9.17) is 0 Å². The van der Waals surface area contributed by atoms with Crippen molar-refractivity contribution < 1.29 is 0 Å². The molecule has 0 aliphatic rings. The van der Waals surface area contributed by atoms with Crippen molar-refractivity contribution in [1.82, 2.24) is 13.7 Å². The fourth-order valence-corrected chi connectivity index (χ4v) is 2.87. The summed E-state index contributed by atoms with van der Waals surface area (Å²) >= 11 is 0. The van der Waals surface area contributed by atoms with Crippen LogP contribution in [0.4, 0.5) is 0 Å². The Morgan fingerprint density at radius 2 is 0.815 bits per heavy atom. The van der Waals surface area contributed by atoms with E-state index in [0.29, 0.717) is 19.3 Å². The average Bonchev–Trinajstić information content (AvgIpc) is 2.56. The minimum absolute atomic E-state index is 0.284. The van der Waals surface area contributed by atoms with Gasteiger partial charge in [-0.3, -0.25) is 0 Å². The second-order valence-electron chi connectivity index (χ2n) is 7.48. The predicted molar refractivity (Wildman–Crippen MR) is 111 cm³/mol. The van der Waals surface area contributed by atoms with Gasteiger partial charge >= 0.3 is 17.1 Å². The lowest BCUT2D eigenvalue weighted by atomic mass is 10.2. The molecule has 0 saturated heterocycles. The molecule has 1 rings (SSSR count).